The molecule has 0 radical (unpaired) electrons. The number of halogens is 1. The second kappa shape index (κ2) is 10.3. The van der Waals surface area contributed by atoms with Gasteiger partial charge in [0.25, 0.3) is 0 Å². The van der Waals surface area contributed by atoms with E-state index in [2.05, 4.69) is 20.5 Å². The van der Waals surface area contributed by atoms with Crippen molar-refractivity contribution in [2.24, 2.45) is 0 Å². The van der Waals surface area contributed by atoms with E-state index in [1.165, 1.54) is 17.8 Å². The number of aryl methyl sites for hydroxylation is 1. The zero-order valence-electron chi connectivity index (χ0n) is 18.2. The van der Waals surface area contributed by atoms with Gasteiger partial charge in [-0.25, -0.2) is 4.39 Å². The smallest absolute Gasteiger partial charge is 0.230 e. The number of nitrogens with one attached hydrogen (secondary N) is 1. The quantitative estimate of drug-likeness (QED) is 0.395. The van der Waals surface area contributed by atoms with Crippen LogP contribution in [0.4, 0.5) is 4.39 Å². The van der Waals surface area contributed by atoms with E-state index in [9.17, 15) is 9.18 Å². The molecule has 1 N–H and O–H groups in total. The predicted octanol–water partition coefficient (Wildman–Crippen LogP) is 4.19. The summed E-state index contributed by atoms with van der Waals surface area (Å²) in [5.41, 5.74) is 2.97. The maximum atomic E-state index is 13.7. The number of hydrogen-bond acceptors (Lipinski definition) is 6. The molecule has 0 saturated heterocycles. The number of methoxy groups -OCH3 is 1. The standard InChI is InChI=1S/C24H22FN5O2S/c1-16-3-4-17(13-21(16)25)14-27-22(31)15-33-24-29-28-23(18-9-11-26-12-10-18)30(24)19-5-7-20(32-2)8-6-19/h3-13H,14-15H2,1-2H3,(H,27,31). The Bertz CT molecular complexity index is 1250. The van der Waals surface area contributed by atoms with E-state index in [0.29, 0.717) is 22.1 Å². The largest absolute Gasteiger partial charge is 0.497 e. The Kier molecular flexibility index (Phi) is 6.99. The molecule has 0 bridgehead atoms. The van der Waals surface area contributed by atoms with Crippen LogP contribution in [0.5, 0.6) is 5.75 Å². The van der Waals surface area contributed by atoms with E-state index < -0.39 is 0 Å². The van der Waals surface area contributed by atoms with E-state index in [1.807, 2.05) is 41.0 Å². The minimum absolute atomic E-state index is 0.138. The van der Waals surface area contributed by atoms with E-state index in [0.717, 1.165) is 17.0 Å². The highest BCUT2D eigenvalue weighted by Crippen LogP contribution is 2.28. The highest BCUT2D eigenvalue weighted by atomic mass is 32.2. The zero-order valence-corrected chi connectivity index (χ0v) is 19.0. The number of aromatic nitrogens is 4. The summed E-state index contributed by atoms with van der Waals surface area (Å²) >= 11 is 1.27. The lowest BCUT2D eigenvalue weighted by molar-refractivity contribution is -0.118. The van der Waals surface area contributed by atoms with Crippen LogP contribution in [-0.2, 0) is 11.3 Å². The van der Waals surface area contributed by atoms with Gasteiger partial charge in [0, 0.05) is 30.2 Å². The Balaban J connectivity index is 1.51. The molecule has 7 nitrogen and oxygen atoms in total. The van der Waals surface area contributed by atoms with Crippen LogP contribution < -0.4 is 10.1 Å². The average Bonchev–Trinajstić information content (AvgIpc) is 3.28. The van der Waals surface area contributed by atoms with Crippen molar-refractivity contribution in [3.8, 4) is 22.8 Å². The fourth-order valence-corrected chi connectivity index (χ4v) is 3.93. The highest BCUT2D eigenvalue weighted by Gasteiger charge is 2.17. The van der Waals surface area contributed by atoms with Gasteiger partial charge in [0.05, 0.1) is 12.9 Å². The summed E-state index contributed by atoms with van der Waals surface area (Å²) in [5, 5.41) is 12.1. The molecule has 2 heterocycles. The van der Waals surface area contributed by atoms with Crippen LogP contribution in [0, 0.1) is 12.7 Å². The fraction of sp³-hybridized carbons (Fsp3) is 0.167. The molecule has 1 amide bonds. The molecule has 2 aromatic heterocycles. The number of pyridine rings is 1. The summed E-state index contributed by atoms with van der Waals surface area (Å²) in [4.78, 5) is 16.5. The monoisotopic (exact) mass is 463 g/mol. The van der Waals surface area contributed by atoms with Crippen LogP contribution >= 0.6 is 11.8 Å². The molecule has 2 aromatic carbocycles. The highest BCUT2D eigenvalue weighted by molar-refractivity contribution is 7.99. The Hall–Kier alpha value is -3.72. The molecule has 0 spiro atoms. The van der Waals surface area contributed by atoms with Gasteiger partial charge in [0.15, 0.2) is 11.0 Å². The van der Waals surface area contributed by atoms with Crippen molar-refractivity contribution < 1.29 is 13.9 Å². The third kappa shape index (κ3) is 5.38. The van der Waals surface area contributed by atoms with Gasteiger partial charge in [0.2, 0.25) is 5.91 Å². The number of hydrogen-bond donors (Lipinski definition) is 1. The molecule has 0 atom stereocenters. The van der Waals surface area contributed by atoms with Crippen molar-refractivity contribution in [1.29, 1.82) is 0 Å². The van der Waals surface area contributed by atoms with Gasteiger partial charge in [-0.2, -0.15) is 0 Å². The number of carbonyl (C=O) groups excluding carboxylic acids is 1. The number of rotatable bonds is 8. The molecule has 4 rings (SSSR count). The van der Waals surface area contributed by atoms with Gasteiger partial charge in [-0.3, -0.25) is 14.3 Å². The molecule has 168 valence electrons. The van der Waals surface area contributed by atoms with Crippen LogP contribution in [0.25, 0.3) is 17.1 Å². The number of ether oxygens (including phenoxy) is 1. The van der Waals surface area contributed by atoms with Gasteiger partial charge < -0.3 is 10.1 Å². The van der Waals surface area contributed by atoms with Gasteiger partial charge in [0.1, 0.15) is 11.6 Å². The SMILES string of the molecule is COc1ccc(-n2c(SCC(=O)NCc3ccc(C)c(F)c3)nnc2-c2ccncc2)cc1. The van der Waals surface area contributed by atoms with Gasteiger partial charge in [-0.05, 0) is 60.5 Å². The lowest BCUT2D eigenvalue weighted by Gasteiger charge is -2.11. The second-order valence-electron chi connectivity index (χ2n) is 7.22. The van der Waals surface area contributed by atoms with Gasteiger partial charge in [-0.1, -0.05) is 23.9 Å². The fourth-order valence-electron chi connectivity index (χ4n) is 3.14. The second-order valence-corrected chi connectivity index (χ2v) is 8.17. The lowest BCUT2D eigenvalue weighted by Crippen LogP contribution is -2.24. The Morgan fingerprint density at radius 1 is 1.09 bits per heavy atom. The Labute approximate surface area is 195 Å². The third-order valence-corrected chi connectivity index (χ3v) is 5.89. The molecule has 0 saturated carbocycles. The van der Waals surface area contributed by atoms with Crippen molar-refractivity contribution in [1.82, 2.24) is 25.1 Å². The summed E-state index contributed by atoms with van der Waals surface area (Å²) in [6.45, 7) is 1.96. The van der Waals surface area contributed by atoms with Crippen LogP contribution in [0.2, 0.25) is 0 Å². The van der Waals surface area contributed by atoms with Crippen molar-refractivity contribution in [3.05, 3.63) is 83.9 Å². The first-order chi connectivity index (χ1) is 16.0. The normalized spacial score (nSPS) is 10.8. The summed E-state index contributed by atoms with van der Waals surface area (Å²) < 4.78 is 20.9. The maximum absolute atomic E-state index is 13.7. The molecular formula is C24H22FN5O2S. The first-order valence-electron chi connectivity index (χ1n) is 10.2. The van der Waals surface area contributed by atoms with Crippen molar-refractivity contribution in [3.63, 3.8) is 0 Å². The number of amides is 1. The first kappa shape index (κ1) is 22.5. The average molecular weight is 464 g/mol. The van der Waals surface area contributed by atoms with Crippen molar-refractivity contribution in [2.45, 2.75) is 18.6 Å². The molecule has 0 fully saturated rings. The molecule has 0 aliphatic carbocycles. The van der Waals surface area contributed by atoms with Crippen molar-refractivity contribution >= 4 is 17.7 Å². The van der Waals surface area contributed by atoms with E-state index >= 15 is 0 Å². The van der Waals surface area contributed by atoms with Crippen LogP contribution in [-0.4, -0.2) is 38.5 Å². The summed E-state index contributed by atoms with van der Waals surface area (Å²) in [6, 6.07) is 16.2. The summed E-state index contributed by atoms with van der Waals surface area (Å²) in [7, 11) is 1.61. The minimum Gasteiger partial charge on any atom is -0.497 e. The molecule has 0 unspecified atom stereocenters. The lowest BCUT2D eigenvalue weighted by atomic mass is 10.1. The number of carbonyl (C=O) groups is 1. The molecule has 0 aliphatic heterocycles. The molecule has 0 aliphatic rings. The zero-order chi connectivity index (χ0) is 23.2. The maximum Gasteiger partial charge on any atom is 0.230 e. The summed E-state index contributed by atoms with van der Waals surface area (Å²) in [6.07, 6.45) is 3.38. The van der Waals surface area contributed by atoms with Gasteiger partial charge >= 0.3 is 0 Å². The number of nitrogens with zero attached hydrogens (tertiary/aromatic N) is 4. The molecule has 4 aromatic rings. The third-order valence-electron chi connectivity index (χ3n) is 4.96. The van der Waals surface area contributed by atoms with E-state index in [1.54, 1.807) is 38.6 Å². The van der Waals surface area contributed by atoms with Crippen LogP contribution in [0.1, 0.15) is 11.1 Å². The molecular weight excluding hydrogens is 441 g/mol. The number of thioether (sulfide) groups is 1. The molecule has 9 heteroatoms. The van der Waals surface area contributed by atoms with E-state index in [4.69, 9.17) is 4.74 Å². The van der Waals surface area contributed by atoms with E-state index in [-0.39, 0.29) is 24.0 Å². The first-order valence-corrected chi connectivity index (χ1v) is 11.2. The Morgan fingerprint density at radius 2 is 1.85 bits per heavy atom. The van der Waals surface area contributed by atoms with Gasteiger partial charge in [-0.15, -0.1) is 10.2 Å². The number of benzene rings is 2. The van der Waals surface area contributed by atoms with Crippen molar-refractivity contribution in [2.75, 3.05) is 12.9 Å². The predicted molar refractivity (Wildman–Crippen MR) is 125 cm³/mol. The summed E-state index contributed by atoms with van der Waals surface area (Å²) in [5.74, 6) is 1.04. The minimum atomic E-state index is -0.285. The topological polar surface area (TPSA) is 81.9 Å². The molecule has 33 heavy (non-hydrogen) atoms. The van der Waals surface area contributed by atoms with Crippen LogP contribution in [0.15, 0.2) is 72.1 Å². The Morgan fingerprint density at radius 3 is 2.55 bits per heavy atom. The van der Waals surface area contributed by atoms with Crippen LogP contribution in [0.3, 0.4) is 0 Å².